The van der Waals surface area contributed by atoms with E-state index < -0.39 is 0 Å². The molecular formula is C11H13BrFNO. The van der Waals surface area contributed by atoms with Crippen LogP contribution in [0.4, 0.5) is 4.39 Å². The first kappa shape index (κ1) is 10.9. The highest BCUT2D eigenvalue weighted by atomic mass is 79.9. The van der Waals surface area contributed by atoms with Gasteiger partial charge in [-0.15, -0.1) is 0 Å². The zero-order valence-corrected chi connectivity index (χ0v) is 9.89. The van der Waals surface area contributed by atoms with Crippen molar-refractivity contribution in [2.24, 2.45) is 0 Å². The van der Waals surface area contributed by atoms with Gasteiger partial charge in [0.15, 0.2) is 0 Å². The van der Waals surface area contributed by atoms with E-state index in [1.54, 1.807) is 6.07 Å². The molecule has 2 nitrogen and oxygen atoms in total. The largest absolute Gasteiger partial charge is 0.492 e. The normalized spacial score (nSPS) is 20.5. The van der Waals surface area contributed by atoms with E-state index in [0.717, 1.165) is 13.0 Å². The predicted octanol–water partition coefficient (Wildman–Crippen LogP) is 2.72. The number of hydrogen-bond donors (Lipinski definition) is 1. The van der Waals surface area contributed by atoms with Crippen LogP contribution in [0.3, 0.4) is 0 Å². The molecule has 15 heavy (non-hydrogen) atoms. The van der Waals surface area contributed by atoms with E-state index in [1.807, 2.05) is 0 Å². The summed E-state index contributed by atoms with van der Waals surface area (Å²) in [5.41, 5.74) is 0. The molecule has 1 heterocycles. The molecule has 0 radical (unpaired) electrons. The molecule has 0 saturated carbocycles. The standard InChI is InChI=1S/C11H13BrFNO/c12-8-4-9(13)6-11(5-8)15-7-10-2-1-3-14-10/h4-6,10,14H,1-3,7H2/t10-/m1/s1. The topological polar surface area (TPSA) is 21.3 Å². The molecule has 0 aromatic heterocycles. The van der Waals surface area contributed by atoms with Crippen molar-refractivity contribution in [3.05, 3.63) is 28.5 Å². The summed E-state index contributed by atoms with van der Waals surface area (Å²) in [7, 11) is 0. The van der Waals surface area contributed by atoms with Crippen molar-refractivity contribution < 1.29 is 9.13 Å². The van der Waals surface area contributed by atoms with Crippen molar-refractivity contribution in [3.8, 4) is 5.75 Å². The molecule has 1 aliphatic rings. The summed E-state index contributed by atoms with van der Waals surface area (Å²) in [5, 5.41) is 3.33. The Kier molecular flexibility index (Phi) is 3.59. The maximum absolute atomic E-state index is 13.0. The van der Waals surface area contributed by atoms with Crippen molar-refractivity contribution >= 4 is 15.9 Å². The Labute approximate surface area is 96.9 Å². The zero-order chi connectivity index (χ0) is 10.7. The van der Waals surface area contributed by atoms with E-state index in [1.165, 1.54) is 18.6 Å². The third-order valence-electron chi connectivity index (χ3n) is 2.45. The second kappa shape index (κ2) is 4.94. The van der Waals surface area contributed by atoms with Crippen LogP contribution < -0.4 is 10.1 Å². The van der Waals surface area contributed by atoms with Crippen LogP contribution in [0.25, 0.3) is 0 Å². The van der Waals surface area contributed by atoms with Crippen molar-refractivity contribution in [3.63, 3.8) is 0 Å². The Balaban J connectivity index is 1.92. The first-order chi connectivity index (χ1) is 7.24. The van der Waals surface area contributed by atoms with Gasteiger partial charge in [-0.25, -0.2) is 4.39 Å². The molecule has 1 aromatic carbocycles. The number of hydrogen-bond acceptors (Lipinski definition) is 2. The van der Waals surface area contributed by atoms with E-state index >= 15 is 0 Å². The van der Waals surface area contributed by atoms with Gasteiger partial charge in [0, 0.05) is 16.6 Å². The number of nitrogens with one attached hydrogen (secondary N) is 1. The molecule has 1 N–H and O–H groups in total. The van der Waals surface area contributed by atoms with Crippen molar-refractivity contribution in [1.82, 2.24) is 5.32 Å². The van der Waals surface area contributed by atoms with Crippen LogP contribution in [-0.2, 0) is 0 Å². The van der Waals surface area contributed by atoms with Crippen molar-refractivity contribution in [1.29, 1.82) is 0 Å². The number of rotatable bonds is 3. The molecular weight excluding hydrogens is 261 g/mol. The van der Waals surface area contributed by atoms with Crippen LogP contribution in [0.2, 0.25) is 0 Å². The zero-order valence-electron chi connectivity index (χ0n) is 8.30. The molecule has 1 fully saturated rings. The molecule has 2 rings (SSSR count). The number of ether oxygens (including phenoxy) is 1. The van der Waals surface area contributed by atoms with Crippen LogP contribution in [0.1, 0.15) is 12.8 Å². The summed E-state index contributed by atoms with van der Waals surface area (Å²) in [5.74, 6) is 0.300. The summed E-state index contributed by atoms with van der Waals surface area (Å²) in [6.45, 7) is 1.66. The fourth-order valence-corrected chi connectivity index (χ4v) is 2.15. The second-order valence-electron chi connectivity index (χ2n) is 3.71. The summed E-state index contributed by atoms with van der Waals surface area (Å²) < 4.78 is 19.2. The lowest BCUT2D eigenvalue weighted by Gasteiger charge is -2.12. The Morgan fingerprint density at radius 1 is 1.47 bits per heavy atom. The number of halogens is 2. The highest BCUT2D eigenvalue weighted by Crippen LogP contribution is 2.21. The van der Waals surface area contributed by atoms with E-state index in [-0.39, 0.29) is 5.82 Å². The van der Waals surface area contributed by atoms with Crippen molar-refractivity contribution in [2.45, 2.75) is 18.9 Å². The molecule has 4 heteroatoms. The average Bonchev–Trinajstić information content (AvgIpc) is 2.65. The van der Waals surface area contributed by atoms with E-state index in [9.17, 15) is 4.39 Å². The van der Waals surface area contributed by atoms with Gasteiger partial charge in [-0.05, 0) is 31.5 Å². The van der Waals surface area contributed by atoms with Crippen molar-refractivity contribution in [2.75, 3.05) is 13.2 Å². The van der Waals surface area contributed by atoms with Gasteiger partial charge in [-0.1, -0.05) is 15.9 Å². The van der Waals surface area contributed by atoms with Gasteiger partial charge >= 0.3 is 0 Å². The highest BCUT2D eigenvalue weighted by molar-refractivity contribution is 9.10. The average molecular weight is 274 g/mol. The molecule has 0 aliphatic carbocycles. The second-order valence-corrected chi connectivity index (χ2v) is 4.63. The van der Waals surface area contributed by atoms with E-state index in [0.29, 0.717) is 22.9 Å². The lowest BCUT2D eigenvalue weighted by molar-refractivity contribution is 0.276. The van der Waals surface area contributed by atoms with Gasteiger partial charge in [0.2, 0.25) is 0 Å². The van der Waals surface area contributed by atoms with Crippen LogP contribution >= 0.6 is 15.9 Å². The lowest BCUT2D eigenvalue weighted by Crippen LogP contribution is -2.28. The fourth-order valence-electron chi connectivity index (χ4n) is 1.71. The van der Waals surface area contributed by atoms with Crippen LogP contribution in [0.15, 0.2) is 22.7 Å². The van der Waals surface area contributed by atoms with Gasteiger partial charge in [0.1, 0.15) is 18.2 Å². The summed E-state index contributed by atoms with van der Waals surface area (Å²) in [6, 6.07) is 5.00. The molecule has 1 saturated heterocycles. The van der Waals surface area contributed by atoms with Gasteiger partial charge in [0.25, 0.3) is 0 Å². The minimum absolute atomic E-state index is 0.279. The Hall–Kier alpha value is -0.610. The quantitative estimate of drug-likeness (QED) is 0.915. The number of benzene rings is 1. The molecule has 1 atom stereocenters. The molecule has 0 unspecified atom stereocenters. The Bertz CT molecular complexity index is 319. The highest BCUT2D eigenvalue weighted by Gasteiger charge is 2.14. The Morgan fingerprint density at radius 2 is 2.33 bits per heavy atom. The van der Waals surface area contributed by atoms with Gasteiger partial charge in [-0.2, -0.15) is 0 Å². The molecule has 1 aromatic rings. The Morgan fingerprint density at radius 3 is 3.00 bits per heavy atom. The first-order valence-electron chi connectivity index (χ1n) is 5.06. The van der Waals surface area contributed by atoms with E-state index in [4.69, 9.17) is 4.74 Å². The fraction of sp³-hybridized carbons (Fsp3) is 0.455. The maximum atomic E-state index is 13.0. The third-order valence-corrected chi connectivity index (χ3v) is 2.91. The minimum Gasteiger partial charge on any atom is -0.492 e. The monoisotopic (exact) mass is 273 g/mol. The lowest BCUT2D eigenvalue weighted by atomic mass is 10.2. The summed E-state index contributed by atoms with van der Waals surface area (Å²) >= 11 is 3.23. The minimum atomic E-state index is -0.279. The predicted molar refractivity (Wildman–Crippen MR) is 60.6 cm³/mol. The van der Waals surface area contributed by atoms with Crippen LogP contribution in [-0.4, -0.2) is 19.2 Å². The molecule has 0 spiro atoms. The molecule has 1 aliphatic heterocycles. The van der Waals surface area contributed by atoms with Gasteiger partial charge in [-0.3, -0.25) is 0 Å². The molecule has 0 amide bonds. The molecule has 0 bridgehead atoms. The first-order valence-corrected chi connectivity index (χ1v) is 5.85. The van der Waals surface area contributed by atoms with Gasteiger partial charge in [0.05, 0.1) is 0 Å². The van der Waals surface area contributed by atoms with E-state index in [2.05, 4.69) is 21.2 Å². The SMILES string of the molecule is Fc1cc(Br)cc(OC[C@H]2CCCN2)c1. The van der Waals surface area contributed by atoms with Crippen LogP contribution in [0, 0.1) is 5.82 Å². The summed E-state index contributed by atoms with van der Waals surface area (Å²) in [6.07, 6.45) is 2.33. The third kappa shape index (κ3) is 3.18. The van der Waals surface area contributed by atoms with Gasteiger partial charge < -0.3 is 10.1 Å². The van der Waals surface area contributed by atoms with Crippen LogP contribution in [0.5, 0.6) is 5.75 Å². The maximum Gasteiger partial charge on any atom is 0.128 e. The smallest absolute Gasteiger partial charge is 0.128 e. The summed E-state index contributed by atoms with van der Waals surface area (Å²) in [4.78, 5) is 0. The molecule has 82 valence electrons.